The number of benzene rings is 3. The summed E-state index contributed by atoms with van der Waals surface area (Å²) >= 11 is 2.14. The number of hydrogen-bond acceptors (Lipinski definition) is 10. The number of esters is 1. The summed E-state index contributed by atoms with van der Waals surface area (Å²) < 4.78 is 58.0. The van der Waals surface area contributed by atoms with Crippen LogP contribution in [0.2, 0.25) is 0 Å². The first-order chi connectivity index (χ1) is 24.3. The maximum absolute atomic E-state index is 12.8. The van der Waals surface area contributed by atoms with Gasteiger partial charge < -0.3 is 34.3 Å². The minimum atomic E-state index is -4.02. The number of fused-ring (bicyclic) bond motifs is 3. The van der Waals surface area contributed by atoms with Gasteiger partial charge in [-0.1, -0.05) is 88.8 Å². The molecule has 0 saturated heterocycles. The van der Waals surface area contributed by atoms with Crippen LogP contribution in [0.25, 0.3) is 11.1 Å². The van der Waals surface area contributed by atoms with Gasteiger partial charge in [0, 0.05) is 16.9 Å². The molecule has 1 aliphatic carbocycles. The van der Waals surface area contributed by atoms with E-state index in [0.717, 1.165) is 21.1 Å². The van der Waals surface area contributed by atoms with Gasteiger partial charge in [-0.25, -0.2) is 4.79 Å². The van der Waals surface area contributed by atoms with Gasteiger partial charge in [0.1, 0.15) is 13.2 Å². The van der Waals surface area contributed by atoms with Crippen molar-refractivity contribution in [2.45, 2.75) is 50.2 Å². The van der Waals surface area contributed by atoms with Crippen LogP contribution in [0.1, 0.15) is 43.4 Å². The largest absolute Gasteiger partial charge is 0.464 e. The number of aryl methyl sites for hydroxylation is 1. The second-order valence-electron chi connectivity index (χ2n) is 12.6. The number of alkyl carbamates (subject to hydrolysis) is 1. The minimum absolute atomic E-state index is 0.0296. The van der Waals surface area contributed by atoms with E-state index in [4.69, 9.17) is 28.2 Å². The number of ether oxygens (including phenoxy) is 5. The van der Waals surface area contributed by atoms with Crippen molar-refractivity contribution in [1.82, 2.24) is 10.6 Å². The van der Waals surface area contributed by atoms with Gasteiger partial charge in [-0.15, -0.1) is 0 Å². The monoisotopic (exact) mass is 840 g/mol. The summed E-state index contributed by atoms with van der Waals surface area (Å²) in [7, 11) is -4.02. The normalized spacial score (nSPS) is 13.0. The summed E-state index contributed by atoms with van der Waals surface area (Å²) in [6.07, 6.45) is -0.541. The molecule has 280 valence electrons. The van der Waals surface area contributed by atoms with Crippen molar-refractivity contribution >= 4 is 44.8 Å². The second-order valence-corrected chi connectivity index (χ2v) is 15.1. The van der Waals surface area contributed by atoms with Crippen molar-refractivity contribution in [2.24, 2.45) is 0 Å². The van der Waals surface area contributed by atoms with Crippen LogP contribution in [0.15, 0.2) is 77.7 Å². The van der Waals surface area contributed by atoms with Crippen molar-refractivity contribution in [2.75, 3.05) is 63.8 Å². The average Bonchev–Trinajstić information content (AvgIpc) is 3.40. The maximum atomic E-state index is 12.8. The highest BCUT2D eigenvalue weighted by molar-refractivity contribution is 14.1. The third kappa shape index (κ3) is 15.6. The summed E-state index contributed by atoms with van der Waals surface area (Å²) in [4.78, 5) is 24.6. The Morgan fingerprint density at radius 2 is 1.43 bits per heavy atom. The molecule has 1 aliphatic rings. The molecule has 0 spiro atoms. The zero-order valence-corrected chi connectivity index (χ0v) is 32.5. The number of carbonyl (C=O) groups is 2. The molecule has 12 nitrogen and oxygen atoms in total. The summed E-state index contributed by atoms with van der Waals surface area (Å²) in [6.45, 7) is 10.7. The molecule has 0 heterocycles. The Balaban J connectivity index is 0.000000542. The fourth-order valence-electron chi connectivity index (χ4n) is 5.07. The molecule has 0 radical (unpaired) electrons. The smallest absolute Gasteiger partial charge is 0.407 e. The van der Waals surface area contributed by atoms with E-state index in [1.165, 1.54) is 23.3 Å². The Morgan fingerprint density at radius 3 is 2.02 bits per heavy atom. The summed E-state index contributed by atoms with van der Waals surface area (Å²) in [5.41, 5.74) is 5.39. The number of halogens is 1. The van der Waals surface area contributed by atoms with Gasteiger partial charge >= 0.3 is 12.1 Å². The third-order valence-electron chi connectivity index (χ3n) is 7.44. The number of hydrogen-bond donors (Lipinski definition) is 3. The molecule has 51 heavy (non-hydrogen) atoms. The van der Waals surface area contributed by atoms with Gasteiger partial charge in [0.15, 0.2) is 0 Å². The Morgan fingerprint density at radius 1 is 0.843 bits per heavy atom. The average molecular weight is 841 g/mol. The van der Waals surface area contributed by atoms with Crippen LogP contribution >= 0.6 is 22.6 Å². The van der Waals surface area contributed by atoms with Crippen LogP contribution in [0, 0.1) is 6.92 Å². The van der Waals surface area contributed by atoms with Crippen molar-refractivity contribution in [3.05, 3.63) is 89.5 Å². The highest BCUT2D eigenvalue weighted by Crippen LogP contribution is 2.44. The summed E-state index contributed by atoms with van der Waals surface area (Å²) in [6, 6.07) is 22.0. The number of carbonyl (C=O) groups excluding carboxylic acids is 2. The topological polar surface area (TPSA) is 159 Å². The molecule has 4 rings (SSSR count). The minimum Gasteiger partial charge on any atom is -0.464 e. The molecule has 0 bridgehead atoms. The lowest BCUT2D eigenvalue weighted by Gasteiger charge is -2.21. The molecule has 0 aliphatic heterocycles. The zero-order valence-electron chi connectivity index (χ0n) is 29.6. The van der Waals surface area contributed by atoms with Crippen molar-refractivity contribution in [1.29, 1.82) is 0 Å². The lowest BCUT2D eigenvalue weighted by atomic mass is 9.98. The second kappa shape index (κ2) is 21.4. The van der Waals surface area contributed by atoms with Gasteiger partial charge in [0.05, 0.1) is 56.1 Å². The van der Waals surface area contributed by atoms with Gasteiger partial charge in [-0.05, 0) is 62.1 Å². The third-order valence-corrected chi connectivity index (χ3v) is 8.75. The number of nitrogens with one attached hydrogen (secondary N) is 2. The molecule has 0 saturated carbocycles. The highest BCUT2D eigenvalue weighted by Gasteiger charge is 2.29. The van der Waals surface area contributed by atoms with Gasteiger partial charge in [0.2, 0.25) is 0 Å². The molecule has 1 amide bonds. The SMILES string of the molecule is CC(C)(C)OCCOCCOC[C@H](CNCC(=O)OCCI)NC(=O)OCC1c2ccccc2-c2ccccc21.Cc1ccc(S(=O)(=O)O)cc1. The quantitative estimate of drug-likeness (QED) is 0.0485. The highest BCUT2D eigenvalue weighted by atomic mass is 127. The van der Waals surface area contributed by atoms with Gasteiger partial charge in [-0.2, -0.15) is 8.42 Å². The molecule has 14 heteroatoms. The van der Waals surface area contributed by atoms with Crippen LogP contribution in [0.5, 0.6) is 0 Å². The molecule has 3 aromatic rings. The van der Waals surface area contributed by atoms with Crippen LogP contribution in [0.3, 0.4) is 0 Å². The zero-order chi connectivity index (χ0) is 37.3. The van der Waals surface area contributed by atoms with Crippen LogP contribution in [-0.2, 0) is 38.6 Å². The van der Waals surface area contributed by atoms with E-state index < -0.39 is 22.3 Å². The van der Waals surface area contributed by atoms with Gasteiger partial charge in [-0.3, -0.25) is 9.35 Å². The van der Waals surface area contributed by atoms with E-state index in [0.29, 0.717) is 39.6 Å². The molecule has 3 aromatic carbocycles. The predicted octanol–water partition coefficient (Wildman–Crippen LogP) is 5.55. The van der Waals surface area contributed by atoms with E-state index in [-0.39, 0.29) is 42.1 Å². The van der Waals surface area contributed by atoms with Crippen molar-refractivity contribution in [3.63, 3.8) is 0 Å². The van der Waals surface area contributed by atoms with Crippen LogP contribution < -0.4 is 10.6 Å². The fraction of sp³-hybridized carbons (Fsp3) is 0.459. The summed E-state index contributed by atoms with van der Waals surface area (Å²) in [5.74, 6) is -0.374. The molecular formula is C37H49IN2O10S. The van der Waals surface area contributed by atoms with Crippen molar-refractivity contribution < 1.29 is 46.2 Å². The Bertz CT molecular complexity index is 1590. The Hall–Kier alpha value is -3.12. The summed E-state index contributed by atoms with van der Waals surface area (Å²) in [5, 5.41) is 5.90. The molecule has 3 N–H and O–H groups in total. The van der Waals surface area contributed by atoms with Crippen molar-refractivity contribution in [3.8, 4) is 11.1 Å². The molecule has 0 aromatic heterocycles. The van der Waals surface area contributed by atoms with E-state index in [9.17, 15) is 18.0 Å². The Labute approximate surface area is 314 Å². The first-order valence-electron chi connectivity index (χ1n) is 16.7. The lowest BCUT2D eigenvalue weighted by molar-refractivity contribution is -0.141. The molecule has 1 atom stereocenters. The number of alkyl halides is 1. The molecular weight excluding hydrogens is 791 g/mol. The van der Waals surface area contributed by atoms with Crippen LogP contribution in [0.4, 0.5) is 4.79 Å². The van der Waals surface area contributed by atoms with Gasteiger partial charge in [0.25, 0.3) is 10.1 Å². The predicted molar refractivity (Wildman–Crippen MR) is 203 cm³/mol. The van der Waals surface area contributed by atoms with E-state index in [1.807, 2.05) is 52.0 Å². The number of amides is 1. The Kier molecular flexibility index (Phi) is 17.8. The number of rotatable bonds is 18. The van der Waals surface area contributed by atoms with E-state index >= 15 is 0 Å². The lowest BCUT2D eigenvalue weighted by Crippen LogP contribution is -2.46. The van der Waals surface area contributed by atoms with E-state index in [1.54, 1.807) is 12.1 Å². The fourth-order valence-corrected chi connectivity index (χ4v) is 5.77. The first-order valence-corrected chi connectivity index (χ1v) is 19.6. The molecule has 0 fully saturated rings. The standard InChI is InChI=1S/C30H41IN2O7.C7H8O3S/c1-30(2,3)40-17-16-36-14-15-37-20-22(18-32-19-28(34)38-13-12-31)33-29(35)39-21-27-25-10-6-4-8-23(25)24-9-5-7-11-26(24)27;1-6-2-4-7(5-3-6)11(8,9)10/h4-11,22,27,32H,12-21H2,1-3H3,(H,33,35);2-5H,1H3,(H,8,9,10)/t22-;/m0./s1. The molecule has 0 unspecified atom stereocenters. The van der Waals surface area contributed by atoms with E-state index in [2.05, 4.69) is 57.5 Å². The first kappa shape index (κ1) is 42.3. The van der Waals surface area contributed by atoms with Crippen LogP contribution in [-0.4, -0.2) is 100 Å². The maximum Gasteiger partial charge on any atom is 0.407 e.